The molecule has 1 aliphatic rings. The number of nitro groups is 1. The van der Waals surface area contributed by atoms with Gasteiger partial charge in [0.1, 0.15) is 13.4 Å². The molecule has 2 rings (SSSR count). The number of hydrogen-bond donors (Lipinski definition) is 1. The Bertz CT molecular complexity index is 1160. The van der Waals surface area contributed by atoms with E-state index in [4.69, 9.17) is 18.9 Å². The lowest BCUT2D eigenvalue weighted by atomic mass is 9.84. The fourth-order valence-electron chi connectivity index (χ4n) is 3.28. The molecule has 37 heavy (non-hydrogen) atoms. The van der Waals surface area contributed by atoms with Gasteiger partial charge in [-0.1, -0.05) is 0 Å². The first-order chi connectivity index (χ1) is 17.5. The second-order valence-electron chi connectivity index (χ2n) is 7.98. The largest absolute Gasteiger partial charge is 0.452 e. The minimum Gasteiger partial charge on any atom is -0.452 e. The van der Waals surface area contributed by atoms with E-state index in [0.717, 1.165) is 6.26 Å². The monoisotopic (exact) mass is 542 g/mol. The lowest BCUT2D eigenvalue weighted by molar-refractivity contribution is -0.384. The maximum atomic E-state index is 12.6. The number of carbonyl (C=O) groups excluding carboxylic acids is 3. The van der Waals surface area contributed by atoms with Gasteiger partial charge in [-0.25, -0.2) is 13.2 Å². The van der Waals surface area contributed by atoms with Crippen LogP contribution in [0.1, 0.15) is 18.4 Å². The van der Waals surface area contributed by atoms with Gasteiger partial charge in [-0.15, -0.1) is 0 Å². The van der Waals surface area contributed by atoms with Crippen LogP contribution in [0.25, 0.3) is 5.53 Å². The third-order valence-electron chi connectivity index (χ3n) is 5.32. The summed E-state index contributed by atoms with van der Waals surface area (Å²) in [6.45, 7) is -0.280. The fourth-order valence-corrected chi connectivity index (χ4v) is 4.14. The van der Waals surface area contributed by atoms with Crippen LogP contribution in [0.15, 0.2) is 24.3 Å². The standard InChI is InChI=1S/C21H26N4O11S/c1-33-7-8-34-12-36-18(37(2,31)32)9-15-16(23-20(15)27)10-17(26)19(24-22)21(28)35-11-13-3-5-14(6-4-13)25(29)30/h3-6,15-16,18H,7-12H2,1-2H3,(H,23,27). The summed E-state index contributed by atoms with van der Waals surface area (Å²) < 4.78 is 44.3. The Balaban J connectivity index is 1.94. The molecule has 1 heterocycles. The Hall–Kier alpha value is -3.56. The highest BCUT2D eigenvalue weighted by Crippen LogP contribution is 2.26. The third-order valence-corrected chi connectivity index (χ3v) is 6.61. The number of methoxy groups -OCH3 is 1. The number of benzene rings is 1. The third kappa shape index (κ3) is 8.80. The summed E-state index contributed by atoms with van der Waals surface area (Å²) in [7, 11) is -2.29. The number of esters is 1. The summed E-state index contributed by atoms with van der Waals surface area (Å²) in [5.41, 5.74) is 7.08. The number of Topliss-reactive ketones (excluding diaryl/α,β-unsaturated/α-hetero) is 1. The van der Waals surface area contributed by atoms with E-state index in [-0.39, 0.29) is 38.7 Å². The molecule has 1 fully saturated rings. The van der Waals surface area contributed by atoms with Crippen molar-refractivity contribution in [2.24, 2.45) is 5.92 Å². The molecule has 1 saturated heterocycles. The Morgan fingerprint density at radius 1 is 1.24 bits per heavy atom. The van der Waals surface area contributed by atoms with Crippen LogP contribution in [0.5, 0.6) is 0 Å². The number of amides is 1. The highest BCUT2D eigenvalue weighted by atomic mass is 32.2. The summed E-state index contributed by atoms with van der Waals surface area (Å²) in [6.07, 6.45) is 0.191. The Morgan fingerprint density at radius 2 is 1.92 bits per heavy atom. The number of nitro benzene ring substituents is 1. The molecule has 1 aromatic carbocycles. The molecular formula is C21H26N4O11S. The van der Waals surface area contributed by atoms with Crippen LogP contribution in [0.2, 0.25) is 0 Å². The molecule has 0 spiro atoms. The first-order valence-corrected chi connectivity index (χ1v) is 12.8. The van der Waals surface area contributed by atoms with Gasteiger partial charge in [-0.2, -0.15) is 4.79 Å². The van der Waals surface area contributed by atoms with E-state index < -0.39 is 61.9 Å². The summed E-state index contributed by atoms with van der Waals surface area (Å²) in [4.78, 5) is 49.7. The van der Waals surface area contributed by atoms with Gasteiger partial charge < -0.3 is 29.8 Å². The van der Waals surface area contributed by atoms with Crippen molar-refractivity contribution in [3.8, 4) is 0 Å². The highest BCUT2D eigenvalue weighted by Gasteiger charge is 2.45. The van der Waals surface area contributed by atoms with Crippen molar-refractivity contribution in [2.75, 3.05) is 33.4 Å². The zero-order valence-corrected chi connectivity index (χ0v) is 20.8. The first kappa shape index (κ1) is 29.7. The van der Waals surface area contributed by atoms with Gasteiger partial charge in [-0.05, 0) is 17.7 Å². The van der Waals surface area contributed by atoms with Crippen molar-refractivity contribution in [3.05, 3.63) is 45.5 Å². The van der Waals surface area contributed by atoms with Gasteiger partial charge >= 0.3 is 11.7 Å². The van der Waals surface area contributed by atoms with Crippen molar-refractivity contribution in [1.82, 2.24) is 5.32 Å². The normalized spacial score (nSPS) is 17.6. The van der Waals surface area contributed by atoms with Crippen LogP contribution >= 0.6 is 0 Å². The molecule has 0 radical (unpaired) electrons. The number of ketones is 1. The number of ether oxygens (including phenoxy) is 4. The summed E-state index contributed by atoms with van der Waals surface area (Å²) in [5, 5.41) is 13.2. The number of nitrogens with one attached hydrogen (secondary N) is 1. The van der Waals surface area contributed by atoms with E-state index in [0.29, 0.717) is 5.56 Å². The van der Waals surface area contributed by atoms with Gasteiger partial charge in [-0.3, -0.25) is 19.7 Å². The van der Waals surface area contributed by atoms with Crippen LogP contribution in [0.3, 0.4) is 0 Å². The van der Waals surface area contributed by atoms with E-state index in [1.807, 2.05) is 0 Å². The minimum absolute atomic E-state index is 0.164. The van der Waals surface area contributed by atoms with E-state index in [2.05, 4.69) is 10.1 Å². The Morgan fingerprint density at radius 3 is 2.46 bits per heavy atom. The van der Waals surface area contributed by atoms with Gasteiger partial charge in [0, 0.05) is 44.4 Å². The number of rotatable bonds is 16. The smallest absolute Gasteiger partial charge is 0.441 e. The van der Waals surface area contributed by atoms with Crippen LogP contribution in [-0.4, -0.2) is 86.4 Å². The summed E-state index contributed by atoms with van der Waals surface area (Å²) in [6, 6.07) is 4.25. The average molecular weight is 543 g/mol. The number of carbonyl (C=O) groups is 3. The highest BCUT2D eigenvalue weighted by molar-refractivity contribution is 7.91. The second-order valence-corrected chi connectivity index (χ2v) is 10.2. The summed E-state index contributed by atoms with van der Waals surface area (Å²) in [5.74, 6) is -3.65. The summed E-state index contributed by atoms with van der Waals surface area (Å²) >= 11 is 0. The number of hydrogen-bond acceptors (Lipinski definition) is 11. The topological polar surface area (TPSA) is 214 Å². The van der Waals surface area contributed by atoms with Gasteiger partial charge in [0.05, 0.1) is 24.1 Å². The number of β-lactam (4-membered cyclic amide) rings is 1. The molecule has 0 aliphatic carbocycles. The molecule has 16 heteroatoms. The molecule has 1 aliphatic heterocycles. The van der Waals surface area contributed by atoms with Crippen LogP contribution in [0, 0.1) is 16.0 Å². The van der Waals surface area contributed by atoms with Crippen LogP contribution < -0.4 is 5.32 Å². The van der Waals surface area contributed by atoms with Crippen LogP contribution in [0.4, 0.5) is 5.69 Å². The maximum Gasteiger partial charge on any atom is 0.441 e. The van der Waals surface area contributed by atoms with E-state index in [1.165, 1.54) is 31.4 Å². The SMILES string of the molecule is COCCOCOC(CC1C(=O)NC1CC(=O)C(=[N+]=[N-])C(=O)OCc1ccc([N+](=O)[O-])cc1)S(C)(=O)=O. The van der Waals surface area contributed by atoms with Crippen molar-refractivity contribution in [1.29, 1.82) is 0 Å². The van der Waals surface area contributed by atoms with Crippen molar-refractivity contribution in [3.63, 3.8) is 0 Å². The number of non-ortho nitro benzene ring substituents is 1. The quantitative estimate of drug-likeness (QED) is 0.0275. The molecule has 3 unspecified atom stereocenters. The second kappa shape index (κ2) is 13.7. The molecule has 202 valence electrons. The van der Waals surface area contributed by atoms with E-state index in [1.54, 1.807) is 0 Å². The van der Waals surface area contributed by atoms with E-state index >= 15 is 0 Å². The van der Waals surface area contributed by atoms with Crippen molar-refractivity contribution >= 4 is 38.9 Å². The molecule has 3 atom stereocenters. The zero-order valence-electron chi connectivity index (χ0n) is 20.0. The zero-order chi connectivity index (χ0) is 27.6. The predicted molar refractivity (Wildman–Crippen MR) is 124 cm³/mol. The van der Waals surface area contributed by atoms with Crippen LogP contribution in [-0.2, 0) is 49.8 Å². The molecule has 0 bridgehead atoms. The molecule has 1 amide bonds. The van der Waals surface area contributed by atoms with Gasteiger partial charge in [0.25, 0.3) is 11.5 Å². The fraction of sp³-hybridized carbons (Fsp3) is 0.524. The van der Waals surface area contributed by atoms with Gasteiger partial charge in [0.15, 0.2) is 15.3 Å². The van der Waals surface area contributed by atoms with Crippen molar-refractivity contribution in [2.45, 2.75) is 30.9 Å². The van der Waals surface area contributed by atoms with E-state index in [9.17, 15) is 38.4 Å². The molecular weight excluding hydrogens is 516 g/mol. The minimum atomic E-state index is -3.75. The molecule has 15 nitrogen and oxygen atoms in total. The number of nitrogens with zero attached hydrogens (tertiary/aromatic N) is 3. The van der Waals surface area contributed by atoms with Crippen molar-refractivity contribution < 1.29 is 51.5 Å². The Labute approximate surface area is 211 Å². The predicted octanol–water partition coefficient (Wildman–Crippen LogP) is -0.219. The number of sulfone groups is 1. The lowest BCUT2D eigenvalue weighted by Gasteiger charge is -2.37. The maximum absolute atomic E-state index is 12.6. The van der Waals surface area contributed by atoms with Gasteiger partial charge in [0.2, 0.25) is 5.91 Å². The first-order valence-electron chi connectivity index (χ1n) is 10.8. The average Bonchev–Trinajstić information content (AvgIpc) is 2.84. The molecule has 0 saturated carbocycles. The lowest BCUT2D eigenvalue weighted by Crippen LogP contribution is -2.60. The molecule has 0 aromatic heterocycles. The molecule has 1 aromatic rings. The Kier molecular flexibility index (Phi) is 11.0. The molecule has 1 N–H and O–H groups in total.